The Labute approximate surface area is 175 Å². The molecule has 2 aromatic rings. The Balaban J connectivity index is 1.69. The van der Waals surface area contributed by atoms with Crippen LogP contribution in [-0.2, 0) is 20.9 Å². The third-order valence-corrected chi connectivity index (χ3v) is 6.25. The lowest BCUT2D eigenvalue weighted by molar-refractivity contribution is -0.140. The number of benzene rings is 1. The molecular weight excluding hydrogens is 382 g/mol. The molecule has 0 saturated heterocycles. The Bertz CT molecular complexity index is 1000. The first-order valence-corrected chi connectivity index (χ1v) is 10.8. The molecule has 0 bridgehead atoms. The molecule has 1 N–H and O–H groups in total. The largest absolute Gasteiger partial charge is 0.457 e. The number of dihydropyridines is 1. The van der Waals surface area contributed by atoms with Gasteiger partial charge in [-0.2, -0.15) is 11.3 Å². The first-order chi connectivity index (χ1) is 13.9. The summed E-state index contributed by atoms with van der Waals surface area (Å²) in [5, 5.41) is 7.37. The molecule has 4 rings (SSSR count). The number of thiophene rings is 1. The molecule has 5 heteroatoms. The summed E-state index contributed by atoms with van der Waals surface area (Å²) in [6.45, 7) is 6.32. The van der Waals surface area contributed by atoms with Crippen molar-refractivity contribution in [2.45, 2.75) is 46.1 Å². The summed E-state index contributed by atoms with van der Waals surface area (Å²) < 4.78 is 5.65. The number of hydrogen-bond acceptors (Lipinski definition) is 5. The molecule has 0 radical (unpaired) electrons. The minimum atomic E-state index is -0.376. The predicted octanol–water partition coefficient (Wildman–Crippen LogP) is 5.10. The van der Waals surface area contributed by atoms with E-state index < -0.39 is 0 Å². The lowest BCUT2D eigenvalue weighted by Crippen LogP contribution is -2.38. The second kappa shape index (κ2) is 7.64. The van der Waals surface area contributed by atoms with E-state index in [0.717, 1.165) is 34.5 Å². The zero-order valence-corrected chi connectivity index (χ0v) is 17.8. The van der Waals surface area contributed by atoms with Gasteiger partial charge in [0, 0.05) is 29.3 Å². The summed E-state index contributed by atoms with van der Waals surface area (Å²) in [5.74, 6) is -0.635. The second-order valence-corrected chi connectivity index (χ2v) is 9.33. The van der Waals surface area contributed by atoms with Gasteiger partial charge in [-0.05, 0) is 46.7 Å². The summed E-state index contributed by atoms with van der Waals surface area (Å²) in [5.41, 5.74) is 4.79. The van der Waals surface area contributed by atoms with E-state index in [4.69, 9.17) is 4.74 Å². The van der Waals surface area contributed by atoms with Gasteiger partial charge in [-0.25, -0.2) is 4.79 Å². The number of ketones is 1. The van der Waals surface area contributed by atoms with Crippen molar-refractivity contribution < 1.29 is 14.3 Å². The van der Waals surface area contributed by atoms with Gasteiger partial charge < -0.3 is 10.1 Å². The van der Waals surface area contributed by atoms with Crippen molar-refractivity contribution in [2.75, 3.05) is 0 Å². The zero-order chi connectivity index (χ0) is 20.6. The first kappa shape index (κ1) is 19.6. The molecule has 1 aliphatic carbocycles. The molecule has 0 spiro atoms. The number of ether oxygens (including phenoxy) is 1. The van der Waals surface area contributed by atoms with Crippen LogP contribution in [0, 0.1) is 5.41 Å². The second-order valence-electron chi connectivity index (χ2n) is 8.55. The van der Waals surface area contributed by atoms with Crippen LogP contribution in [0.2, 0.25) is 0 Å². The zero-order valence-electron chi connectivity index (χ0n) is 17.0. The highest BCUT2D eigenvalue weighted by Crippen LogP contribution is 2.47. The Morgan fingerprint density at radius 3 is 2.66 bits per heavy atom. The Hall–Kier alpha value is -2.66. The number of Topliss-reactive ketones (excluding diaryl/α,β-unsaturated/α-hetero) is 1. The SMILES string of the molecule is CC1=C(C(=O)OCc2ccccc2)[C@H](c2ccsc2)C2=C(CC(C)(C)CC2=O)N1. The molecule has 4 nitrogen and oxygen atoms in total. The van der Waals surface area contributed by atoms with Crippen molar-refractivity contribution in [3.63, 3.8) is 0 Å². The molecule has 0 saturated carbocycles. The minimum Gasteiger partial charge on any atom is -0.457 e. The molecule has 2 aliphatic rings. The normalized spacial score (nSPS) is 20.9. The molecule has 1 atom stereocenters. The van der Waals surface area contributed by atoms with Crippen molar-refractivity contribution in [3.8, 4) is 0 Å². The van der Waals surface area contributed by atoms with Crippen LogP contribution in [0.3, 0.4) is 0 Å². The van der Waals surface area contributed by atoms with Gasteiger partial charge in [0.2, 0.25) is 0 Å². The van der Waals surface area contributed by atoms with Crippen LogP contribution >= 0.6 is 11.3 Å². The minimum absolute atomic E-state index is 0.0896. The van der Waals surface area contributed by atoms with E-state index in [-0.39, 0.29) is 29.7 Å². The highest BCUT2D eigenvalue weighted by molar-refractivity contribution is 7.08. The summed E-state index contributed by atoms with van der Waals surface area (Å²) in [4.78, 5) is 26.3. The average molecular weight is 408 g/mol. The average Bonchev–Trinajstić information content (AvgIpc) is 3.19. The Morgan fingerprint density at radius 1 is 1.21 bits per heavy atom. The number of allylic oxidation sites excluding steroid dienone is 3. The van der Waals surface area contributed by atoms with Gasteiger partial charge in [0.25, 0.3) is 0 Å². The maximum Gasteiger partial charge on any atom is 0.337 e. The standard InChI is InChI=1S/C24H25NO3S/c1-15-20(23(27)28-13-16-7-5-4-6-8-16)21(17-9-10-29-14-17)22-18(25-15)11-24(2,3)12-19(22)26/h4-10,14,21,25H,11-13H2,1-3H3/t21-/m0/s1. The summed E-state index contributed by atoms with van der Waals surface area (Å²) in [6, 6.07) is 11.6. The van der Waals surface area contributed by atoms with Crippen LogP contribution in [0.1, 0.15) is 50.7 Å². The van der Waals surface area contributed by atoms with Crippen LogP contribution in [0.25, 0.3) is 0 Å². The molecule has 0 amide bonds. The topological polar surface area (TPSA) is 55.4 Å². The van der Waals surface area contributed by atoms with Gasteiger partial charge in [-0.15, -0.1) is 0 Å². The van der Waals surface area contributed by atoms with Crippen LogP contribution in [0.15, 0.2) is 69.7 Å². The molecule has 1 aromatic carbocycles. The molecule has 150 valence electrons. The third-order valence-electron chi connectivity index (χ3n) is 5.55. The van der Waals surface area contributed by atoms with E-state index in [1.54, 1.807) is 11.3 Å². The molecule has 29 heavy (non-hydrogen) atoms. The molecule has 1 aliphatic heterocycles. The van der Waals surface area contributed by atoms with E-state index >= 15 is 0 Å². The van der Waals surface area contributed by atoms with Crippen molar-refractivity contribution in [1.82, 2.24) is 5.32 Å². The fraction of sp³-hybridized carbons (Fsp3) is 0.333. The number of carbonyl (C=O) groups is 2. The van der Waals surface area contributed by atoms with Gasteiger partial charge in [-0.3, -0.25) is 4.79 Å². The Kier molecular flexibility index (Phi) is 5.17. The van der Waals surface area contributed by atoms with Crippen molar-refractivity contribution in [1.29, 1.82) is 0 Å². The van der Waals surface area contributed by atoms with Gasteiger partial charge in [-0.1, -0.05) is 44.2 Å². The first-order valence-electron chi connectivity index (χ1n) is 9.83. The highest BCUT2D eigenvalue weighted by atomic mass is 32.1. The van der Waals surface area contributed by atoms with Gasteiger partial charge in [0.05, 0.1) is 5.57 Å². The van der Waals surface area contributed by atoms with Crippen LogP contribution in [0.5, 0.6) is 0 Å². The summed E-state index contributed by atoms with van der Waals surface area (Å²) in [7, 11) is 0. The van der Waals surface area contributed by atoms with Crippen molar-refractivity contribution >= 4 is 23.1 Å². The van der Waals surface area contributed by atoms with Crippen molar-refractivity contribution in [3.05, 3.63) is 80.8 Å². The maximum absolute atomic E-state index is 13.1. The fourth-order valence-corrected chi connectivity index (χ4v) is 4.97. The van der Waals surface area contributed by atoms with E-state index in [9.17, 15) is 9.59 Å². The summed E-state index contributed by atoms with van der Waals surface area (Å²) >= 11 is 1.57. The molecular formula is C24H25NO3S. The third kappa shape index (κ3) is 3.92. The van der Waals surface area contributed by atoms with Crippen molar-refractivity contribution in [2.24, 2.45) is 5.41 Å². The monoisotopic (exact) mass is 407 g/mol. The van der Waals surface area contributed by atoms with Crippen LogP contribution < -0.4 is 5.32 Å². The highest BCUT2D eigenvalue weighted by Gasteiger charge is 2.43. The molecule has 1 aromatic heterocycles. The quantitative estimate of drug-likeness (QED) is 0.717. The lowest BCUT2D eigenvalue weighted by Gasteiger charge is -2.39. The molecule has 2 heterocycles. The lowest BCUT2D eigenvalue weighted by atomic mass is 9.69. The number of hydrogen-bond donors (Lipinski definition) is 1. The van der Waals surface area contributed by atoms with Crippen LogP contribution in [-0.4, -0.2) is 11.8 Å². The van der Waals surface area contributed by atoms with Gasteiger partial charge in [0.1, 0.15) is 6.61 Å². The van der Waals surface area contributed by atoms with Gasteiger partial charge in [0.15, 0.2) is 5.78 Å². The van der Waals surface area contributed by atoms with E-state index in [1.807, 2.05) is 54.1 Å². The number of nitrogens with one attached hydrogen (secondary N) is 1. The van der Waals surface area contributed by atoms with E-state index in [0.29, 0.717) is 12.0 Å². The fourth-order valence-electron chi connectivity index (χ4n) is 4.28. The number of carbonyl (C=O) groups excluding carboxylic acids is 2. The van der Waals surface area contributed by atoms with E-state index in [2.05, 4.69) is 19.2 Å². The molecule has 0 unspecified atom stereocenters. The Morgan fingerprint density at radius 2 is 1.97 bits per heavy atom. The summed E-state index contributed by atoms with van der Waals surface area (Å²) in [6.07, 6.45) is 1.28. The smallest absolute Gasteiger partial charge is 0.337 e. The number of esters is 1. The predicted molar refractivity (Wildman–Crippen MR) is 114 cm³/mol. The van der Waals surface area contributed by atoms with Crippen LogP contribution in [0.4, 0.5) is 0 Å². The van der Waals surface area contributed by atoms with E-state index in [1.165, 1.54) is 0 Å². The number of rotatable bonds is 4. The van der Waals surface area contributed by atoms with Gasteiger partial charge >= 0.3 is 5.97 Å². The molecule has 0 fully saturated rings. The maximum atomic E-state index is 13.1.